The lowest BCUT2D eigenvalue weighted by molar-refractivity contribution is 0.0962. The van der Waals surface area contributed by atoms with Crippen LogP contribution in [0.25, 0.3) is 20.8 Å². The smallest absolute Gasteiger partial charge is 0.162 e. The highest BCUT2D eigenvalue weighted by Crippen LogP contribution is 2.37. The van der Waals surface area contributed by atoms with Crippen LogP contribution >= 0.6 is 11.3 Å². The summed E-state index contributed by atoms with van der Waals surface area (Å²) in [6.45, 7) is 2.01. The first-order valence-electron chi connectivity index (χ1n) is 10.2. The molecule has 2 heterocycles. The summed E-state index contributed by atoms with van der Waals surface area (Å²) in [5.74, 6) is 0.151. The van der Waals surface area contributed by atoms with E-state index in [1.54, 1.807) is 11.3 Å². The molecule has 150 valence electrons. The second kappa shape index (κ2) is 7.74. The van der Waals surface area contributed by atoms with Crippen molar-refractivity contribution in [1.82, 2.24) is 9.97 Å². The second-order valence-corrected chi connectivity index (χ2v) is 9.02. The number of Topliss-reactive ketones (excluding diaryl/α,β-unsaturated/α-hetero) is 1. The van der Waals surface area contributed by atoms with Crippen molar-refractivity contribution >= 4 is 27.3 Å². The number of hydrogen-bond donors (Lipinski definition) is 1. The molecule has 4 aromatic rings. The topological polar surface area (TPSA) is 63.1 Å². The van der Waals surface area contributed by atoms with Gasteiger partial charge >= 0.3 is 0 Å². The highest BCUT2D eigenvalue weighted by Gasteiger charge is 2.30. The van der Waals surface area contributed by atoms with Crippen LogP contribution in [0.15, 0.2) is 60.9 Å². The number of fused-ring (bicyclic) bond motifs is 2. The van der Waals surface area contributed by atoms with Gasteiger partial charge in [0.2, 0.25) is 0 Å². The van der Waals surface area contributed by atoms with Crippen LogP contribution in [0.1, 0.15) is 45.8 Å². The lowest BCUT2D eigenvalue weighted by atomic mass is 9.92. The number of hydrogen-bond acceptors (Lipinski definition) is 5. The summed E-state index contributed by atoms with van der Waals surface area (Å²) in [5.41, 5.74) is 6.09. The summed E-state index contributed by atoms with van der Waals surface area (Å²) < 4.78 is 1.00. The second-order valence-electron chi connectivity index (χ2n) is 7.99. The van der Waals surface area contributed by atoms with Gasteiger partial charge in [0.05, 0.1) is 16.3 Å². The number of rotatable bonds is 5. The number of aliphatic hydroxyl groups is 1. The Balaban J connectivity index is 1.34. The number of aliphatic hydroxyl groups excluding tert-OH is 1. The largest absolute Gasteiger partial charge is 0.392 e. The van der Waals surface area contributed by atoms with Crippen LogP contribution in [0.2, 0.25) is 0 Å². The Morgan fingerprint density at radius 3 is 2.90 bits per heavy atom. The number of aromatic nitrogens is 2. The molecule has 4 nitrogen and oxygen atoms in total. The molecule has 1 N–H and O–H groups in total. The van der Waals surface area contributed by atoms with Crippen LogP contribution in [-0.2, 0) is 6.42 Å². The van der Waals surface area contributed by atoms with Crippen molar-refractivity contribution in [2.24, 2.45) is 0 Å². The van der Waals surface area contributed by atoms with E-state index in [2.05, 4.69) is 23.2 Å². The van der Waals surface area contributed by atoms with E-state index in [9.17, 15) is 9.90 Å². The molecule has 2 atom stereocenters. The fourth-order valence-corrected chi connectivity index (χ4v) is 5.31. The van der Waals surface area contributed by atoms with E-state index in [1.165, 1.54) is 11.1 Å². The molecule has 5 rings (SSSR count). The molecule has 0 unspecified atom stereocenters. The Kier molecular flexibility index (Phi) is 4.93. The Hall–Kier alpha value is -2.89. The van der Waals surface area contributed by atoms with Crippen LogP contribution in [0.3, 0.4) is 0 Å². The zero-order chi connectivity index (χ0) is 20.7. The highest BCUT2D eigenvalue weighted by molar-refractivity contribution is 7.21. The molecule has 0 saturated heterocycles. The van der Waals surface area contributed by atoms with Gasteiger partial charge in [-0.15, -0.1) is 11.3 Å². The van der Waals surface area contributed by atoms with Gasteiger partial charge in [-0.1, -0.05) is 24.3 Å². The Morgan fingerprint density at radius 1 is 1.17 bits per heavy atom. The third kappa shape index (κ3) is 3.55. The van der Waals surface area contributed by atoms with Crippen LogP contribution in [0.5, 0.6) is 0 Å². The normalized spacial score (nSPS) is 17.9. The van der Waals surface area contributed by atoms with Gasteiger partial charge in [-0.3, -0.25) is 9.78 Å². The third-order valence-corrected chi connectivity index (χ3v) is 6.93. The number of carbonyl (C=O) groups is 1. The summed E-state index contributed by atoms with van der Waals surface area (Å²) in [7, 11) is 0. The predicted molar refractivity (Wildman–Crippen MR) is 120 cm³/mol. The molecule has 0 amide bonds. The lowest BCUT2D eigenvalue weighted by Crippen LogP contribution is -2.14. The maximum absolute atomic E-state index is 12.9. The molecule has 0 saturated carbocycles. The van der Waals surface area contributed by atoms with Gasteiger partial charge in [0.1, 0.15) is 5.01 Å². The molecule has 1 aliphatic carbocycles. The molecule has 1 aliphatic rings. The van der Waals surface area contributed by atoms with Crippen LogP contribution < -0.4 is 0 Å². The fourth-order valence-electron chi connectivity index (χ4n) is 4.33. The molecular formula is C25H22N2O2S. The van der Waals surface area contributed by atoms with Crippen molar-refractivity contribution in [3.8, 4) is 10.6 Å². The number of pyridine rings is 1. The molecule has 30 heavy (non-hydrogen) atoms. The Bertz CT molecular complexity index is 1250. The molecule has 5 heteroatoms. The predicted octanol–water partition coefficient (Wildman–Crippen LogP) is 5.33. The van der Waals surface area contributed by atoms with Crippen molar-refractivity contribution < 1.29 is 9.90 Å². The molecule has 0 fully saturated rings. The van der Waals surface area contributed by atoms with E-state index >= 15 is 0 Å². The number of carbonyl (C=O) groups excluding carboxylic acids is 1. The first-order chi connectivity index (χ1) is 14.6. The van der Waals surface area contributed by atoms with Gasteiger partial charge in [0, 0.05) is 35.9 Å². The zero-order valence-corrected chi connectivity index (χ0v) is 17.5. The SMILES string of the molecule is Cc1cncc(-c2nc3ccc(C(=O)CC[C@H]4c5ccccc5C[C@@H]4O)cc3s2)c1. The van der Waals surface area contributed by atoms with Gasteiger partial charge in [-0.25, -0.2) is 4.98 Å². The van der Waals surface area contributed by atoms with E-state index in [-0.39, 0.29) is 11.7 Å². The average molecular weight is 415 g/mol. The molecule has 0 bridgehead atoms. The van der Waals surface area contributed by atoms with E-state index in [1.807, 2.05) is 49.6 Å². The zero-order valence-electron chi connectivity index (χ0n) is 16.7. The first kappa shape index (κ1) is 19.1. The molecular weight excluding hydrogens is 392 g/mol. The molecule has 0 aliphatic heterocycles. The molecule has 0 radical (unpaired) electrons. The monoisotopic (exact) mass is 414 g/mol. The maximum atomic E-state index is 12.9. The Labute approximate surface area is 179 Å². The average Bonchev–Trinajstić information content (AvgIpc) is 3.31. The van der Waals surface area contributed by atoms with Crippen molar-refractivity contribution in [3.63, 3.8) is 0 Å². The first-order valence-corrected chi connectivity index (χ1v) is 11.0. The van der Waals surface area contributed by atoms with Crippen molar-refractivity contribution in [1.29, 1.82) is 0 Å². The van der Waals surface area contributed by atoms with Crippen molar-refractivity contribution in [2.75, 3.05) is 0 Å². The standard InChI is InChI=1S/C25H22N2O2S/c1-15-10-18(14-26-13-15)25-27-21-8-6-17(12-24(21)30-25)22(28)9-7-20-19-5-3-2-4-16(19)11-23(20)29/h2-6,8,10,12-14,20,23,29H,7,9,11H2,1H3/t20-,23-/m0/s1. The summed E-state index contributed by atoms with van der Waals surface area (Å²) in [5, 5.41) is 11.4. The minimum Gasteiger partial charge on any atom is -0.392 e. The van der Waals surface area contributed by atoms with Crippen molar-refractivity contribution in [3.05, 3.63) is 83.2 Å². The number of thiazole rings is 1. The molecule has 2 aromatic carbocycles. The van der Waals surface area contributed by atoms with Crippen LogP contribution in [0.4, 0.5) is 0 Å². The maximum Gasteiger partial charge on any atom is 0.162 e. The van der Waals surface area contributed by atoms with Gasteiger partial charge in [-0.2, -0.15) is 0 Å². The number of nitrogens with zero attached hydrogens (tertiary/aromatic N) is 2. The minimum absolute atomic E-state index is 0.0395. The van der Waals surface area contributed by atoms with E-state index in [0.29, 0.717) is 24.8 Å². The van der Waals surface area contributed by atoms with E-state index in [0.717, 1.165) is 26.4 Å². The van der Waals surface area contributed by atoms with Crippen LogP contribution in [0, 0.1) is 6.92 Å². The summed E-state index contributed by atoms with van der Waals surface area (Å²) in [6.07, 6.45) is 5.02. The highest BCUT2D eigenvalue weighted by atomic mass is 32.1. The van der Waals surface area contributed by atoms with Crippen molar-refractivity contribution in [2.45, 2.75) is 38.2 Å². The number of aryl methyl sites for hydroxylation is 1. The van der Waals surface area contributed by atoms with Gasteiger partial charge < -0.3 is 5.11 Å². The van der Waals surface area contributed by atoms with Gasteiger partial charge in [-0.05, 0) is 60.7 Å². The minimum atomic E-state index is -0.398. The third-order valence-electron chi connectivity index (χ3n) is 5.86. The summed E-state index contributed by atoms with van der Waals surface area (Å²) in [6, 6.07) is 16.0. The van der Waals surface area contributed by atoms with Gasteiger partial charge in [0.15, 0.2) is 5.78 Å². The van der Waals surface area contributed by atoms with E-state index < -0.39 is 6.10 Å². The quantitative estimate of drug-likeness (QED) is 0.448. The fraction of sp³-hybridized carbons (Fsp3) is 0.240. The molecule has 2 aromatic heterocycles. The Morgan fingerprint density at radius 2 is 2.03 bits per heavy atom. The summed E-state index contributed by atoms with van der Waals surface area (Å²) >= 11 is 1.58. The lowest BCUT2D eigenvalue weighted by Gasteiger charge is -2.15. The van der Waals surface area contributed by atoms with Gasteiger partial charge in [0.25, 0.3) is 0 Å². The number of ketones is 1. The number of benzene rings is 2. The van der Waals surface area contributed by atoms with E-state index in [4.69, 9.17) is 4.98 Å². The van der Waals surface area contributed by atoms with Crippen LogP contribution in [-0.4, -0.2) is 27.0 Å². The molecule has 0 spiro atoms. The summed E-state index contributed by atoms with van der Waals surface area (Å²) in [4.78, 5) is 21.8.